The third-order valence-electron chi connectivity index (χ3n) is 5.01. The molecule has 1 unspecified atom stereocenters. The summed E-state index contributed by atoms with van der Waals surface area (Å²) in [7, 11) is -3.76. The number of anilines is 1. The summed E-state index contributed by atoms with van der Waals surface area (Å²) in [5.41, 5.74) is -0.518. The Labute approximate surface area is 201 Å². The molecule has 2 N–H and O–H groups in total. The van der Waals surface area contributed by atoms with E-state index in [-0.39, 0.29) is 35.0 Å². The van der Waals surface area contributed by atoms with Gasteiger partial charge in [-0.15, -0.1) is 6.42 Å². The minimum atomic E-state index is -4.58. The predicted molar refractivity (Wildman–Crippen MR) is 126 cm³/mol. The SMILES string of the molecule is C#Cc1cc(CNC(=O)C=Cc2ccc(C(F)(F)F)nc2CC(C)CC)cc(F)c1NS(C)(=O)=O. The van der Waals surface area contributed by atoms with Gasteiger partial charge in [0.2, 0.25) is 15.9 Å². The van der Waals surface area contributed by atoms with E-state index in [4.69, 9.17) is 6.42 Å². The van der Waals surface area contributed by atoms with Gasteiger partial charge in [-0.25, -0.2) is 17.8 Å². The molecule has 0 bridgehead atoms. The maximum atomic E-state index is 14.4. The molecule has 0 saturated heterocycles. The van der Waals surface area contributed by atoms with Crippen LogP contribution in [0.3, 0.4) is 0 Å². The number of terminal acetylenes is 1. The highest BCUT2D eigenvalue weighted by atomic mass is 32.2. The molecule has 0 saturated carbocycles. The molecule has 0 aliphatic rings. The summed E-state index contributed by atoms with van der Waals surface area (Å²) >= 11 is 0. The lowest BCUT2D eigenvalue weighted by Crippen LogP contribution is -2.21. The van der Waals surface area contributed by atoms with Gasteiger partial charge >= 0.3 is 6.18 Å². The molecule has 1 aromatic carbocycles. The molecular formula is C24H25F4N3O3S. The van der Waals surface area contributed by atoms with Gasteiger partial charge in [0, 0.05) is 18.3 Å². The molecule has 0 fully saturated rings. The van der Waals surface area contributed by atoms with Crippen molar-refractivity contribution >= 4 is 27.7 Å². The molecule has 1 atom stereocenters. The van der Waals surface area contributed by atoms with E-state index in [0.29, 0.717) is 12.0 Å². The van der Waals surface area contributed by atoms with Crippen molar-refractivity contribution in [2.75, 3.05) is 11.0 Å². The summed E-state index contributed by atoms with van der Waals surface area (Å²) in [4.78, 5) is 16.0. The van der Waals surface area contributed by atoms with E-state index in [2.05, 4.69) is 16.2 Å². The first-order chi connectivity index (χ1) is 16.2. The van der Waals surface area contributed by atoms with E-state index < -0.39 is 33.6 Å². The Bertz CT molecular complexity index is 1270. The third kappa shape index (κ3) is 8.40. The van der Waals surface area contributed by atoms with E-state index in [1.807, 2.05) is 18.6 Å². The second-order valence-electron chi connectivity index (χ2n) is 8.02. The molecular weight excluding hydrogens is 486 g/mol. The van der Waals surface area contributed by atoms with Gasteiger partial charge in [-0.05, 0) is 47.7 Å². The molecule has 1 heterocycles. The largest absolute Gasteiger partial charge is 0.433 e. The molecule has 0 spiro atoms. The van der Waals surface area contributed by atoms with Crippen molar-refractivity contribution in [3.05, 3.63) is 64.2 Å². The van der Waals surface area contributed by atoms with E-state index in [1.54, 1.807) is 0 Å². The summed E-state index contributed by atoms with van der Waals surface area (Å²) in [6, 6.07) is 4.50. The lowest BCUT2D eigenvalue weighted by molar-refractivity contribution is -0.141. The predicted octanol–water partition coefficient (Wildman–Crippen LogP) is 4.51. The lowest BCUT2D eigenvalue weighted by atomic mass is 9.99. The van der Waals surface area contributed by atoms with Crippen LogP contribution in [0.4, 0.5) is 23.2 Å². The number of carbonyl (C=O) groups is 1. The monoisotopic (exact) mass is 511 g/mol. The Morgan fingerprint density at radius 3 is 2.54 bits per heavy atom. The first-order valence-corrected chi connectivity index (χ1v) is 12.4. The van der Waals surface area contributed by atoms with Gasteiger partial charge in [-0.1, -0.05) is 32.3 Å². The molecule has 35 heavy (non-hydrogen) atoms. The molecule has 0 radical (unpaired) electrons. The standard InChI is InChI=1S/C24H25F4N3O3S/c1-5-15(3)11-20-18(7-9-21(30-20)24(26,27)28)8-10-22(32)29-14-16-12-17(6-2)23(19(25)13-16)31-35(4,33)34/h2,7-10,12-13,15,31H,5,11,14H2,1,3-4H3,(H,29,32). The minimum Gasteiger partial charge on any atom is -0.348 e. The number of hydrogen-bond acceptors (Lipinski definition) is 4. The molecule has 2 rings (SSSR count). The number of nitrogens with zero attached hydrogens (tertiary/aromatic N) is 1. The average molecular weight is 512 g/mol. The van der Waals surface area contributed by atoms with E-state index in [0.717, 1.165) is 30.9 Å². The summed E-state index contributed by atoms with van der Waals surface area (Å²) < 4.78 is 78.4. The number of alkyl halides is 3. The van der Waals surface area contributed by atoms with Crippen molar-refractivity contribution in [3.63, 3.8) is 0 Å². The maximum Gasteiger partial charge on any atom is 0.433 e. The van der Waals surface area contributed by atoms with Gasteiger partial charge in [-0.3, -0.25) is 9.52 Å². The van der Waals surface area contributed by atoms with E-state index >= 15 is 0 Å². The van der Waals surface area contributed by atoms with Crippen LogP contribution in [0, 0.1) is 24.1 Å². The van der Waals surface area contributed by atoms with Crippen molar-refractivity contribution in [3.8, 4) is 12.3 Å². The molecule has 1 amide bonds. The average Bonchev–Trinajstić information content (AvgIpc) is 2.76. The Hall–Kier alpha value is -3.39. The summed E-state index contributed by atoms with van der Waals surface area (Å²) in [6.07, 6.45) is 5.18. The Balaban J connectivity index is 2.18. The lowest BCUT2D eigenvalue weighted by Gasteiger charge is -2.13. The second-order valence-corrected chi connectivity index (χ2v) is 9.77. The van der Waals surface area contributed by atoms with Gasteiger partial charge < -0.3 is 5.32 Å². The number of hydrogen-bond donors (Lipinski definition) is 2. The zero-order chi connectivity index (χ0) is 26.4. The number of carbonyl (C=O) groups excluding carboxylic acids is 1. The normalized spacial score (nSPS) is 12.9. The summed E-state index contributed by atoms with van der Waals surface area (Å²) in [6.45, 7) is 3.68. The number of aromatic nitrogens is 1. The highest BCUT2D eigenvalue weighted by Crippen LogP contribution is 2.29. The van der Waals surface area contributed by atoms with Gasteiger partial charge in [-0.2, -0.15) is 13.2 Å². The number of amides is 1. The van der Waals surface area contributed by atoms with Crippen molar-refractivity contribution < 1.29 is 30.8 Å². The number of benzene rings is 1. The topological polar surface area (TPSA) is 88.2 Å². The van der Waals surface area contributed by atoms with Gasteiger partial charge in [0.15, 0.2) is 0 Å². The van der Waals surface area contributed by atoms with Crippen LogP contribution in [-0.2, 0) is 34.0 Å². The van der Waals surface area contributed by atoms with Crippen LogP contribution in [0.15, 0.2) is 30.3 Å². The van der Waals surface area contributed by atoms with Crippen molar-refractivity contribution in [2.24, 2.45) is 5.92 Å². The molecule has 188 valence electrons. The third-order valence-corrected chi connectivity index (χ3v) is 5.59. The van der Waals surface area contributed by atoms with Gasteiger partial charge in [0.1, 0.15) is 11.5 Å². The highest BCUT2D eigenvalue weighted by molar-refractivity contribution is 7.92. The molecule has 0 aliphatic heterocycles. The van der Waals surface area contributed by atoms with Gasteiger partial charge in [0.25, 0.3) is 0 Å². The maximum absolute atomic E-state index is 14.4. The van der Waals surface area contributed by atoms with Crippen LogP contribution in [0.2, 0.25) is 0 Å². The second kappa shape index (κ2) is 11.4. The van der Waals surface area contributed by atoms with E-state index in [1.165, 1.54) is 18.2 Å². The van der Waals surface area contributed by atoms with Crippen molar-refractivity contribution in [1.82, 2.24) is 10.3 Å². The van der Waals surface area contributed by atoms with Crippen LogP contribution >= 0.6 is 0 Å². The number of nitrogens with one attached hydrogen (secondary N) is 2. The van der Waals surface area contributed by atoms with E-state index in [9.17, 15) is 30.8 Å². The number of halogens is 4. The van der Waals surface area contributed by atoms with Crippen LogP contribution in [0.25, 0.3) is 6.08 Å². The van der Waals surface area contributed by atoms with Gasteiger partial charge in [0.05, 0.1) is 17.5 Å². The first kappa shape index (κ1) is 27.9. The fourth-order valence-corrected chi connectivity index (χ4v) is 3.62. The molecule has 6 nitrogen and oxygen atoms in total. The minimum absolute atomic E-state index is 0.0410. The smallest absolute Gasteiger partial charge is 0.348 e. The highest BCUT2D eigenvalue weighted by Gasteiger charge is 2.33. The number of rotatable bonds is 9. The first-order valence-electron chi connectivity index (χ1n) is 10.5. The van der Waals surface area contributed by atoms with Crippen molar-refractivity contribution in [1.29, 1.82) is 0 Å². The Kier molecular flexibility index (Phi) is 9.04. The Morgan fingerprint density at radius 2 is 1.97 bits per heavy atom. The van der Waals surface area contributed by atoms with Crippen LogP contribution in [-0.4, -0.2) is 25.6 Å². The summed E-state index contributed by atoms with van der Waals surface area (Å²) in [5, 5.41) is 2.52. The fourth-order valence-electron chi connectivity index (χ4n) is 3.04. The fraction of sp³-hybridized carbons (Fsp3) is 0.333. The molecule has 11 heteroatoms. The Morgan fingerprint density at radius 1 is 1.29 bits per heavy atom. The zero-order valence-corrected chi connectivity index (χ0v) is 20.1. The quantitative estimate of drug-likeness (QED) is 0.295. The summed E-state index contributed by atoms with van der Waals surface area (Å²) in [5.74, 6) is 0.795. The van der Waals surface area contributed by atoms with Crippen molar-refractivity contribution in [2.45, 2.75) is 39.4 Å². The number of sulfonamides is 1. The number of pyridine rings is 1. The van der Waals surface area contributed by atoms with Crippen LogP contribution < -0.4 is 10.0 Å². The van der Waals surface area contributed by atoms with Crippen LogP contribution in [0.1, 0.15) is 48.3 Å². The molecule has 2 aromatic rings. The molecule has 1 aromatic heterocycles. The zero-order valence-electron chi connectivity index (χ0n) is 19.3. The van der Waals surface area contributed by atoms with Crippen LogP contribution in [0.5, 0.6) is 0 Å². The molecule has 0 aliphatic carbocycles.